The predicted molar refractivity (Wildman–Crippen MR) is 103 cm³/mol. The van der Waals surface area contributed by atoms with Gasteiger partial charge >= 0.3 is 13.7 Å². The molecule has 2 atom stereocenters. The molecule has 1 saturated heterocycles. The highest BCUT2D eigenvalue weighted by Crippen LogP contribution is 2.65. The summed E-state index contributed by atoms with van der Waals surface area (Å²) in [6, 6.07) is 0. The topological polar surface area (TPSA) is 68.3 Å². The molecule has 7 nitrogen and oxygen atoms in total. The molecule has 0 saturated carbocycles. The normalized spacial score (nSPS) is 25.4. The van der Waals surface area contributed by atoms with Gasteiger partial charge in [0.2, 0.25) is 0 Å². The van der Waals surface area contributed by atoms with Crippen LogP contribution in [0.15, 0.2) is 12.7 Å². The zero-order valence-corrected chi connectivity index (χ0v) is 18.6. The second-order valence-electron chi connectivity index (χ2n) is 8.80. The van der Waals surface area contributed by atoms with E-state index in [0.29, 0.717) is 6.42 Å². The van der Waals surface area contributed by atoms with Crippen LogP contribution in [-0.2, 0) is 18.3 Å². The zero-order valence-electron chi connectivity index (χ0n) is 17.7. The Bertz CT molecular complexity index is 573. The van der Waals surface area contributed by atoms with Crippen molar-refractivity contribution in [2.45, 2.75) is 65.0 Å². The maximum absolute atomic E-state index is 13.5. The summed E-state index contributed by atoms with van der Waals surface area (Å²) < 4.78 is 29.8. The second-order valence-corrected chi connectivity index (χ2v) is 11.4. The minimum absolute atomic E-state index is 0.158. The lowest BCUT2D eigenvalue weighted by Crippen LogP contribution is -2.52. The van der Waals surface area contributed by atoms with Gasteiger partial charge in [0.25, 0.3) is 0 Å². The summed E-state index contributed by atoms with van der Waals surface area (Å²) in [5.74, 6) is 0. The predicted octanol–water partition coefficient (Wildman–Crippen LogP) is 4.30. The number of rotatable bonds is 5. The molecule has 0 unspecified atom stereocenters. The van der Waals surface area contributed by atoms with Gasteiger partial charge < -0.3 is 13.8 Å². The Labute approximate surface area is 158 Å². The smallest absolute Gasteiger partial charge is 0.411 e. The van der Waals surface area contributed by atoms with E-state index in [1.807, 2.05) is 53.5 Å². The van der Waals surface area contributed by atoms with Crippen molar-refractivity contribution in [1.29, 1.82) is 0 Å². The summed E-state index contributed by atoms with van der Waals surface area (Å²) in [5.41, 5.74) is -0.950. The van der Waals surface area contributed by atoms with Crippen LogP contribution in [-0.4, -0.2) is 60.8 Å². The summed E-state index contributed by atoms with van der Waals surface area (Å²) in [5, 5.41) is -1.03. The average molecular weight is 390 g/mol. The molecule has 1 fully saturated rings. The number of likely N-dealkylation sites (N-methyl/N-ethyl adjacent to an activating group) is 1. The number of nitrogens with zero attached hydrogens (tertiary/aromatic N) is 2. The first kappa shape index (κ1) is 23.2. The third kappa shape index (κ3) is 4.16. The van der Waals surface area contributed by atoms with Crippen LogP contribution >= 0.6 is 7.60 Å². The van der Waals surface area contributed by atoms with Gasteiger partial charge in [-0.25, -0.2) is 4.79 Å². The minimum atomic E-state index is -3.56. The van der Waals surface area contributed by atoms with Gasteiger partial charge in [0.05, 0.1) is 12.7 Å². The van der Waals surface area contributed by atoms with Crippen LogP contribution in [0.4, 0.5) is 4.79 Å². The van der Waals surface area contributed by atoms with Gasteiger partial charge in [0.1, 0.15) is 10.9 Å². The Hall–Kier alpha value is -0.880. The van der Waals surface area contributed by atoms with Gasteiger partial charge in [-0.3, -0.25) is 14.4 Å². The zero-order chi connectivity index (χ0) is 20.6. The molecule has 0 bridgehead atoms. The highest BCUT2D eigenvalue weighted by molar-refractivity contribution is 7.55. The van der Waals surface area contributed by atoms with E-state index >= 15 is 0 Å². The van der Waals surface area contributed by atoms with Gasteiger partial charge in [-0.1, -0.05) is 26.8 Å². The van der Waals surface area contributed by atoms with Crippen molar-refractivity contribution in [2.75, 3.05) is 27.8 Å². The highest BCUT2D eigenvalue weighted by atomic mass is 31.2. The number of hydrogen-bond acceptors (Lipinski definition) is 6. The Morgan fingerprint density at radius 3 is 2.08 bits per heavy atom. The molecule has 0 aromatic heterocycles. The lowest BCUT2D eigenvalue weighted by molar-refractivity contribution is -0.00853. The van der Waals surface area contributed by atoms with Crippen molar-refractivity contribution in [3.05, 3.63) is 12.7 Å². The molecule has 8 heteroatoms. The molecule has 1 heterocycles. The molecular weight excluding hydrogens is 355 g/mol. The molecule has 1 aliphatic rings. The SMILES string of the molecule is C=CC[C@]1(P(=O)(OC)OC)CN(C(=O)OC(C)(C)C)[C@H](C(C)(C)C)N1C. The lowest BCUT2D eigenvalue weighted by Gasteiger charge is -2.43. The molecule has 0 aromatic carbocycles. The fourth-order valence-corrected chi connectivity index (χ4v) is 5.69. The van der Waals surface area contributed by atoms with E-state index in [1.165, 1.54) is 14.2 Å². The summed E-state index contributed by atoms with van der Waals surface area (Å²) in [6.45, 7) is 15.5. The number of ether oxygens (including phenoxy) is 1. The molecule has 0 spiro atoms. The van der Waals surface area contributed by atoms with E-state index in [-0.39, 0.29) is 18.1 Å². The van der Waals surface area contributed by atoms with Crippen LogP contribution in [0.1, 0.15) is 48.0 Å². The van der Waals surface area contributed by atoms with Crippen LogP contribution < -0.4 is 0 Å². The first-order chi connectivity index (χ1) is 11.7. The molecule has 0 aromatic rings. The standard InChI is InChI=1S/C18H35N2O5P/c1-11-12-18(26(22,23-9)24-10)13-20(15(21)25-17(5,6)7)14(19(18)8)16(2,3)4/h11,14H,1,12-13H2,2-10H3/t14-,18+/m1/s1. The number of hydrogen-bond donors (Lipinski definition) is 0. The highest BCUT2D eigenvalue weighted by Gasteiger charge is 2.63. The summed E-state index contributed by atoms with van der Waals surface area (Å²) in [4.78, 5) is 16.5. The van der Waals surface area contributed by atoms with E-state index in [9.17, 15) is 9.36 Å². The van der Waals surface area contributed by atoms with E-state index < -0.39 is 24.6 Å². The summed E-state index contributed by atoms with van der Waals surface area (Å²) >= 11 is 0. The molecule has 26 heavy (non-hydrogen) atoms. The van der Waals surface area contributed by atoms with Crippen LogP contribution in [0.3, 0.4) is 0 Å². The van der Waals surface area contributed by atoms with Crippen LogP contribution in [0.5, 0.6) is 0 Å². The molecule has 1 amide bonds. The molecule has 1 aliphatic heterocycles. The number of carbonyl (C=O) groups excluding carboxylic acids is 1. The van der Waals surface area contributed by atoms with Crippen molar-refractivity contribution in [1.82, 2.24) is 9.80 Å². The van der Waals surface area contributed by atoms with Gasteiger partial charge in [0.15, 0.2) is 0 Å². The Balaban J connectivity index is 3.51. The van der Waals surface area contributed by atoms with Crippen molar-refractivity contribution in [3.63, 3.8) is 0 Å². The van der Waals surface area contributed by atoms with E-state index in [0.717, 1.165) is 0 Å². The molecule has 0 radical (unpaired) electrons. The Kier molecular flexibility index (Phi) is 6.79. The maximum atomic E-state index is 13.5. The van der Waals surface area contributed by atoms with E-state index in [4.69, 9.17) is 13.8 Å². The fraction of sp³-hybridized carbons (Fsp3) is 0.833. The monoisotopic (exact) mass is 390 g/mol. The van der Waals surface area contributed by atoms with Gasteiger partial charge in [-0.2, -0.15) is 0 Å². The van der Waals surface area contributed by atoms with Crippen LogP contribution in [0, 0.1) is 5.41 Å². The quantitative estimate of drug-likeness (QED) is 0.515. The fourth-order valence-electron chi connectivity index (χ4n) is 3.69. The van der Waals surface area contributed by atoms with Crippen molar-refractivity contribution in [2.24, 2.45) is 5.41 Å². The van der Waals surface area contributed by atoms with Crippen molar-refractivity contribution < 1.29 is 23.1 Å². The van der Waals surface area contributed by atoms with E-state index in [1.54, 1.807) is 11.0 Å². The Morgan fingerprint density at radius 1 is 1.23 bits per heavy atom. The minimum Gasteiger partial charge on any atom is -0.444 e. The third-order valence-corrected chi connectivity index (χ3v) is 7.23. The maximum Gasteiger partial charge on any atom is 0.411 e. The molecule has 152 valence electrons. The number of amides is 1. The molecule has 1 rings (SSSR count). The van der Waals surface area contributed by atoms with E-state index in [2.05, 4.69) is 6.58 Å². The van der Waals surface area contributed by atoms with Gasteiger partial charge in [-0.05, 0) is 39.7 Å². The number of carbonyl (C=O) groups is 1. The second kappa shape index (κ2) is 7.63. The Morgan fingerprint density at radius 2 is 1.73 bits per heavy atom. The van der Waals surface area contributed by atoms with Crippen molar-refractivity contribution >= 4 is 13.7 Å². The largest absolute Gasteiger partial charge is 0.444 e. The third-order valence-electron chi connectivity index (χ3n) is 4.61. The first-order valence-electron chi connectivity index (χ1n) is 8.74. The summed E-state index contributed by atoms with van der Waals surface area (Å²) in [6.07, 6.45) is 1.22. The molecule has 0 aliphatic carbocycles. The van der Waals surface area contributed by atoms with Crippen LogP contribution in [0.2, 0.25) is 0 Å². The van der Waals surface area contributed by atoms with Gasteiger partial charge in [-0.15, -0.1) is 6.58 Å². The summed E-state index contributed by atoms with van der Waals surface area (Å²) in [7, 11) is 1.01. The average Bonchev–Trinajstić information content (AvgIpc) is 2.80. The van der Waals surface area contributed by atoms with Gasteiger partial charge in [0, 0.05) is 14.2 Å². The lowest BCUT2D eigenvalue weighted by atomic mass is 9.91. The van der Waals surface area contributed by atoms with Crippen LogP contribution in [0.25, 0.3) is 0 Å². The first-order valence-corrected chi connectivity index (χ1v) is 10.3. The van der Waals surface area contributed by atoms with Crippen molar-refractivity contribution in [3.8, 4) is 0 Å². The molecule has 0 N–H and O–H groups in total. The molecular formula is C18H35N2O5P.